The molecule has 26 heavy (non-hydrogen) atoms. The number of hydrogen-bond acceptors (Lipinski definition) is 4. The van der Waals surface area contributed by atoms with Crippen LogP contribution in [0.1, 0.15) is 42.7 Å². The number of pyridine rings is 1. The number of aromatic nitrogens is 1. The van der Waals surface area contributed by atoms with Gasteiger partial charge < -0.3 is 16.4 Å². The van der Waals surface area contributed by atoms with E-state index in [2.05, 4.69) is 15.6 Å². The summed E-state index contributed by atoms with van der Waals surface area (Å²) in [5.41, 5.74) is 7.20. The van der Waals surface area contributed by atoms with Crippen LogP contribution in [0.2, 0.25) is 0 Å². The minimum atomic E-state index is -0.523. The lowest BCUT2D eigenvalue weighted by molar-refractivity contribution is -0.131. The van der Waals surface area contributed by atoms with Crippen LogP contribution in [-0.4, -0.2) is 23.3 Å². The molecule has 0 spiro atoms. The van der Waals surface area contributed by atoms with Crippen molar-refractivity contribution >= 4 is 17.5 Å². The van der Waals surface area contributed by atoms with Crippen molar-refractivity contribution in [3.63, 3.8) is 0 Å². The van der Waals surface area contributed by atoms with E-state index in [1.54, 1.807) is 30.5 Å². The van der Waals surface area contributed by atoms with Crippen LogP contribution in [0.4, 0.5) is 5.69 Å². The van der Waals surface area contributed by atoms with Crippen LogP contribution in [-0.2, 0) is 11.3 Å². The summed E-state index contributed by atoms with van der Waals surface area (Å²) in [6.07, 6.45) is 2.98. The van der Waals surface area contributed by atoms with E-state index in [1.165, 1.54) is 0 Å². The van der Waals surface area contributed by atoms with Crippen LogP contribution in [0.5, 0.6) is 0 Å². The van der Waals surface area contributed by atoms with Gasteiger partial charge in [0.15, 0.2) is 0 Å². The number of carbonyl (C=O) groups excluding carboxylic acids is 2. The quantitative estimate of drug-likeness (QED) is 0.679. The molecule has 2 aromatic rings. The first-order valence-electron chi connectivity index (χ1n) is 8.84. The highest BCUT2D eigenvalue weighted by Crippen LogP contribution is 2.25. The lowest BCUT2D eigenvalue weighted by atomic mass is 9.81. The summed E-state index contributed by atoms with van der Waals surface area (Å²) < 4.78 is 0. The van der Waals surface area contributed by atoms with E-state index in [1.807, 2.05) is 32.0 Å². The molecule has 2 amide bonds. The number of hydrogen-bond donors (Lipinski definition) is 3. The van der Waals surface area contributed by atoms with Gasteiger partial charge in [-0.05, 0) is 42.7 Å². The van der Waals surface area contributed by atoms with Gasteiger partial charge in [-0.1, -0.05) is 32.0 Å². The van der Waals surface area contributed by atoms with Crippen molar-refractivity contribution in [2.45, 2.75) is 33.2 Å². The highest BCUT2D eigenvalue weighted by molar-refractivity contribution is 6.02. The molecule has 1 aromatic heterocycles. The Kier molecular flexibility index (Phi) is 6.86. The van der Waals surface area contributed by atoms with E-state index in [9.17, 15) is 9.59 Å². The molecule has 6 nitrogen and oxygen atoms in total. The minimum absolute atomic E-state index is 0.0343. The van der Waals surface area contributed by atoms with Crippen LogP contribution in [0.25, 0.3) is 0 Å². The molecule has 0 aliphatic rings. The average molecular weight is 354 g/mol. The Morgan fingerprint density at radius 1 is 1.12 bits per heavy atom. The van der Waals surface area contributed by atoms with Gasteiger partial charge in [0, 0.05) is 25.0 Å². The monoisotopic (exact) mass is 354 g/mol. The fourth-order valence-electron chi connectivity index (χ4n) is 2.77. The zero-order valence-electron chi connectivity index (χ0n) is 15.3. The van der Waals surface area contributed by atoms with E-state index >= 15 is 0 Å². The van der Waals surface area contributed by atoms with Gasteiger partial charge in [0.1, 0.15) is 5.69 Å². The zero-order chi connectivity index (χ0) is 19.0. The lowest BCUT2D eigenvalue weighted by Crippen LogP contribution is -2.45. The van der Waals surface area contributed by atoms with Gasteiger partial charge >= 0.3 is 0 Å². The van der Waals surface area contributed by atoms with E-state index in [0.29, 0.717) is 37.3 Å². The molecule has 0 saturated carbocycles. The summed E-state index contributed by atoms with van der Waals surface area (Å²) in [4.78, 5) is 28.7. The molecule has 0 saturated heterocycles. The minimum Gasteiger partial charge on any atom is -0.352 e. The molecule has 0 bridgehead atoms. The molecular weight excluding hydrogens is 328 g/mol. The molecule has 1 aromatic carbocycles. The highest BCUT2D eigenvalue weighted by atomic mass is 16.2. The fraction of sp³-hybridized carbons (Fsp3) is 0.350. The first kappa shape index (κ1) is 19.6. The summed E-state index contributed by atoms with van der Waals surface area (Å²) in [6, 6.07) is 12.6. The molecule has 0 aliphatic heterocycles. The number of nitrogens with two attached hydrogens (primary N) is 1. The molecule has 6 heteroatoms. The summed E-state index contributed by atoms with van der Waals surface area (Å²) in [5, 5.41) is 5.78. The first-order chi connectivity index (χ1) is 12.5. The number of nitrogens with zero attached hydrogens (tertiary/aromatic N) is 1. The number of benzene rings is 1. The second kappa shape index (κ2) is 9.10. The highest BCUT2D eigenvalue weighted by Gasteiger charge is 2.32. The SMILES string of the molecule is CCC(CC)(CN)C(=O)NCc1cccc(NC(=O)c2ccccn2)c1. The Bertz CT molecular complexity index is 734. The van der Waals surface area contributed by atoms with Crippen LogP contribution in [0, 0.1) is 5.41 Å². The first-order valence-corrected chi connectivity index (χ1v) is 8.84. The number of carbonyl (C=O) groups is 2. The van der Waals surface area contributed by atoms with Gasteiger partial charge in [-0.2, -0.15) is 0 Å². The Morgan fingerprint density at radius 3 is 2.50 bits per heavy atom. The smallest absolute Gasteiger partial charge is 0.274 e. The Hall–Kier alpha value is -2.73. The lowest BCUT2D eigenvalue weighted by Gasteiger charge is -2.28. The zero-order valence-corrected chi connectivity index (χ0v) is 15.3. The normalized spacial score (nSPS) is 11.0. The van der Waals surface area contributed by atoms with Gasteiger partial charge in [-0.25, -0.2) is 0 Å². The van der Waals surface area contributed by atoms with E-state index in [0.717, 1.165) is 5.56 Å². The maximum Gasteiger partial charge on any atom is 0.274 e. The molecule has 0 unspecified atom stereocenters. The third-order valence-electron chi connectivity index (χ3n) is 4.76. The molecule has 0 aliphatic carbocycles. The van der Waals surface area contributed by atoms with Crippen LogP contribution < -0.4 is 16.4 Å². The van der Waals surface area contributed by atoms with Crippen molar-refractivity contribution < 1.29 is 9.59 Å². The van der Waals surface area contributed by atoms with Crippen molar-refractivity contribution in [1.82, 2.24) is 10.3 Å². The maximum atomic E-state index is 12.5. The predicted molar refractivity (Wildman–Crippen MR) is 103 cm³/mol. The third-order valence-corrected chi connectivity index (χ3v) is 4.76. The summed E-state index contributed by atoms with van der Waals surface area (Å²) in [6.45, 7) is 4.66. The fourth-order valence-corrected chi connectivity index (χ4v) is 2.77. The second-order valence-electron chi connectivity index (χ2n) is 6.24. The number of rotatable bonds is 8. The van der Waals surface area contributed by atoms with Crippen molar-refractivity contribution in [1.29, 1.82) is 0 Å². The van der Waals surface area contributed by atoms with Crippen LogP contribution >= 0.6 is 0 Å². The average Bonchev–Trinajstić information content (AvgIpc) is 2.69. The van der Waals surface area contributed by atoms with Gasteiger partial charge in [0.2, 0.25) is 5.91 Å². The Balaban J connectivity index is 2.01. The van der Waals surface area contributed by atoms with Gasteiger partial charge in [-0.3, -0.25) is 14.6 Å². The van der Waals surface area contributed by atoms with E-state index in [4.69, 9.17) is 5.73 Å². The number of anilines is 1. The molecule has 0 radical (unpaired) electrons. The third kappa shape index (κ3) is 4.67. The van der Waals surface area contributed by atoms with Crippen LogP contribution in [0.15, 0.2) is 48.7 Å². The standard InChI is InChI=1S/C20H26N4O2/c1-3-20(4-2,14-21)19(26)23-13-15-8-7-9-16(12-15)24-18(25)17-10-5-6-11-22-17/h5-12H,3-4,13-14,21H2,1-2H3,(H,23,26)(H,24,25). The summed E-state index contributed by atoms with van der Waals surface area (Å²) >= 11 is 0. The van der Waals surface area contributed by atoms with E-state index < -0.39 is 5.41 Å². The van der Waals surface area contributed by atoms with Crippen molar-refractivity contribution in [2.75, 3.05) is 11.9 Å². The predicted octanol–water partition coefficient (Wildman–Crippen LogP) is 2.72. The van der Waals surface area contributed by atoms with E-state index in [-0.39, 0.29) is 11.8 Å². The molecule has 0 atom stereocenters. The Morgan fingerprint density at radius 2 is 1.88 bits per heavy atom. The molecule has 4 N–H and O–H groups in total. The van der Waals surface area contributed by atoms with Crippen LogP contribution in [0.3, 0.4) is 0 Å². The number of amides is 2. The van der Waals surface area contributed by atoms with Gasteiger partial charge in [0.05, 0.1) is 5.41 Å². The molecule has 138 valence electrons. The molecule has 2 rings (SSSR count). The topological polar surface area (TPSA) is 97.1 Å². The van der Waals surface area contributed by atoms with Gasteiger partial charge in [-0.15, -0.1) is 0 Å². The Labute approximate surface area is 154 Å². The largest absolute Gasteiger partial charge is 0.352 e. The van der Waals surface area contributed by atoms with Crippen molar-refractivity contribution in [3.8, 4) is 0 Å². The summed E-state index contributed by atoms with van der Waals surface area (Å²) in [5.74, 6) is -0.307. The molecular formula is C20H26N4O2. The van der Waals surface area contributed by atoms with Crippen molar-refractivity contribution in [2.24, 2.45) is 11.1 Å². The van der Waals surface area contributed by atoms with Gasteiger partial charge in [0.25, 0.3) is 5.91 Å². The molecule has 1 heterocycles. The maximum absolute atomic E-state index is 12.5. The molecule has 0 fully saturated rings. The number of nitrogens with one attached hydrogen (secondary N) is 2. The second-order valence-corrected chi connectivity index (χ2v) is 6.24. The van der Waals surface area contributed by atoms with Crippen molar-refractivity contribution in [3.05, 3.63) is 59.9 Å². The summed E-state index contributed by atoms with van der Waals surface area (Å²) in [7, 11) is 0.